The van der Waals surface area contributed by atoms with Gasteiger partial charge in [-0.1, -0.05) is 48.0 Å². The van der Waals surface area contributed by atoms with Crippen LogP contribution in [-0.2, 0) is 11.2 Å². The molecule has 1 fully saturated rings. The van der Waals surface area contributed by atoms with Gasteiger partial charge < -0.3 is 20.9 Å². The van der Waals surface area contributed by atoms with Gasteiger partial charge in [0.1, 0.15) is 0 Å². The average Bonchev–Trinajstić information content (AvgIpc) is 2.81. The summed E-state index contributed by atoms with van der Waals surface area (Å²) >= 11 is 0. The number of fused-ring (bicyclic) bond motifs is 1. The quantitative estimate of drug-likeness (QED) is 0.502. The molecule has 4 rings (SSSR count). The second-order valence-electron chi connectivity index (χ2n) is 9.06. The summed E-state index contributed by atoms with van der Waals surface area (Å²) in [5, 5.41) is 10.0. The van der Waals surface area contributed by atoms with E-state index in [4.69, 9.17) is 0 Å². The van der Waals surface area contributed by atoms with E-state index in [1.54, 1.807) is 0 Å². The van der Waals surface area contributed by atoms with Gasteiger partial charge >= 0.3 is 6.03 Å². The van der Waals surface area contributed by atoms with E-state index in [0.717, 1.165) is 60.3 Å². The van der Waals surface area contributed by atoms with Crippen molar-refractivity contribution in [2.24, 2.45) is 0 Å². The van der Waals surface area contributed by atoms with E-state index in [1.807, 2.05) is 68.4 Å². The first kappa shape index (κ1) is 23.7. The first-order valence-electron chi connectivity index (χ1n) is 11.9. The number of carbonyl (C=O) groups is 2. The van der Waals surface area contributed by atoms with Gasteiger partial charge in [0.25, 0.3) is 0 Å². The number of aromatic nitrogens is 1. The molecule has 0 atom stereocenters. The highest BCUT2D eigenvalue weighted by atomic mass is 16.2. The second-order valence-corrected chi connectivity index (χ2v) is 9.06. The highest BCUT2D eigenvalue weighted by Gasteiger charge is 2.20. The van der Waals surface area contributed by atoms with Crippen molar-refractivity contribution in [2.75, 3.05) is 31.5 Å². The van der Waals surface area contributed by atoms with E-state index >= 15 is 0 Å². The number of carbonyl (C=O) groups excluding carboxylic acids is 2. The highest BCUT2D eigenvalue weighted by Crippen LogP contribution is 2.22. The Labute approximate surface area is 200 Å². The van der Waals surface area contributed by atoms with Crippen LogP contribution in [0.2, 0.25) is 0 Å². The van der Waals surface area contributed by atoms with Gasteiger partial charge in [-0.2, -0.15) is 0 Å². The van der Waals surface area contributed by atoms with Gasteiger partial charge in [-0.15, -0.1) is 0 Å². The molecular weight excluding hydrogens is 426 g/mol. The Bertz CT molecular complexity index is 1140. The smallest absolute Gasteiger partial charge is 0.319 e. The Kier molecular flexibility index (Phi) is 7.75. The number of piperidine rings is 1. The Morgan fingerprint density at radius 3 is 2.53 bits per heavy atom. The number of aryl methyl sites for hydroxylation is 2. The third-order valence-electron chi connectivity index (χ3n) is 6.24. The molecule has 178 valence electrons. The fourth-order valence-corrected chi connectivity index (χ4v) is 4.38. The molecule has 1 aliphatic rings. The Morgan fingerprint density at radius 2 is 1.76 bits per heavy atom. The van der Waals surface area contributed by atoms with Crippen molar-refractivity contribution in [1.29, 1.82) is 0 Å². The number of hydrogen-bond acceptors (Lipinski definition) is 4. The third-order valence-corrected chi connectivity index (χ3v) is 6.24. The van der Waals surface area contributed by atoms with Crippen LogP contribution in [-0.4, -0.2) is 54.0 Å². The molecule has 3 aromatic rings. The zero-order chi connectivity index (χ0) is 23.9. The van der Waals surface area contributed by atoms with Gasteiger partial charge in [0, 0.05) is 43.3 Å². The van der Waals surface area contributed by atoms with E-state index in [9.17, 15) is 9.59 Å². The molecule has 3 N–H and O–H groups in total. The SMILES string of the molecule is Cc1ccc(CC(=O)NC2CCN(CCNC(=O)Nc3cc(C)nc4ccccc34)CC2)cc1. The molecule has 0 bridgehead atoms. The Morgan fingerprint density at radius 1 is 1.03 bits per heavy atom. The van der Waals surface area contributed by atoms with Crippen LogP contribution < -0.4 is 16.0 Å². The minimum Gasteiger partial charge on any atom is -0.353 e. The van der Waals surface area contributed by atoms with Gasteiger partial charge in [-0.3, -0.25) is 9.78 Å². The van der Waals surface area contributed by atoms with Crippen molar-refractivity contribution >= 4 is 28.5 Å². The number of pyridine rings is 1. The molecule has 7 heteroatoms. The maximum atomic E-state index is 12.4. The van der Waals surface area contributed by atoms with Crippen molar-refractivity contribution < 1.29 is 9.59 Å². The normalized spacial score (nSPS) is 14.6. The third kappa shape index (κ3) is 6.54. The molecule has 3 amide bonds. The number of anilines is 1. The molecule has 1 saturated heterocycles. The van der Waals surface area contributed by atoms with Crippen LogP contribution >= 0.6 is 0 Å². The van der Waals surface area contributed by atoms with E-state index in [-0.39, 0.29) is 18.0 Å². The topological polar surface area (TPSA) is 86.4 Å². The Hall–Kier alpha value is -3.45. The maximum Gasteiger partial charge on any atom is 0.319 e. The second kappa shape index (κ2) is 11.1. The zero-order valence-corrected chi connectivity index (χ0v) is 19.9. The summed E-state index contributed by atoms with van der Waals surface area (Å²) in [4.78, 5) is 31.6. The van der Waals surface area contributed by atoms with Crippen LogP contribution in [0, 0.1) is 13.8 Å². The van der Waals surface area contributed by atoms with E-state index < -0.39 is 0 Å². The summed E-state index contributed by atoms with van der Waals surface area (Å²) in [5.74, 6) is 0.0829. The fraction of sp³-hybridized carbons (Fsp3) is 0.370. The summed E-state index contributed by atoms with van der Waals surface area (Å²) in [7, 11) is 0. The molecule has 1 aliphatic heterocycles. The molecule has 0 aliphatic carbocycles. The van der Waals surface area contributed by atoms with Gasteiger partial charge in [0.2, 0.25) is 5.91 Å². The van der Waals surface area contributed by atoms with Gasteiger partial charge in [0.15, 0.2) is 0 Å². The number of benzene rings is 2. The monoisotopic (exact) mass is 459 g/mol. The first-order chi connectivity index (χ1) is 16.5. The molecule has 7 nitrogen and oxygen atoms in total. The lowest BCUT2D eigenvalue weighted by atomic mass is 10.0. The molecule has 2 aromatic carbocycles. The van der Waals surface area contributed by atoms with Crippen LogP contribution in [0.4, 0.5) is 10.5 Å². The van der Waals surface area contributed by atoms with Gasteiger partial charge in [0.05, 0.1) is 17.6 Å². The summed E-state index contributed by atoms with van der Waals surface area (Å²) in [6.45, 7) is 7.14. The van der Waals surface area contributed by atoms with Crippen molar-refractivity contribution in [1.82, 2.24) is 20.5 Å². The lowest BCUT2D eigenvalue weighted by molar-refractivity contribution is -0.121. The van der Waals surface area contributed by atoms with Gasteiger partial charge in [-0.25, -0.2) is 4.79 Å². The molecular formula is C27H33N5O2. The van der Waals surface area contributed by atoms with Crippen LogP contribution in [0.5, 0.6) is 0 Å². The number of amides is 3. The van der Waals surface area contributed by atoms with E-state index in [2.05, 4.69) is 25.8 Å². The van der Waals surface area contributed by atoms with E-state index in [0.29, 0.717) is 13.0 Å². The fourth-order valence-electron chi connectivity index (χ4n) is 4.38. The molecule has 34 heavy (non-hydrogen) atoms. The predicted octanol–water partition coefficient (Wildman–Crippen LogP) is 3.80. The number of para-hydroxylation sites is 1. The molecule has 0 radical (unpaired) electrons. The first-order valence-corrected chi connectivity index (χ1v) is 11.9. The average molecular weight is 460 g/mol. The van der Waals surface area contributed by atoms with E-state index in [1.165, 1.54) is 5.56 Å². The minimum atomic E-state index is -0.214. The number of likely N-dealkylation sites (tertiary alicyclic amines) is 1. The van der Waals surface area contributed by atoms with Crippen LogP contribution in [0.3, 0.4) is 0 Å². The highest BCUT2D eigenvalue weighted by molar-refractivity contribution is 6.00. The van der Waals surface area contributed by atoms with Crippen molar-refractivity contribution in [3.8, 4) is 0 Å². The summed E-state index contributed by atoms with van der Waals surface area (Å²) in [6.07, 6.45) is 2.27. The number of urea groups is 1. The molecule has 0 saturated carbocycles. The van der Waals surface area contributed by atoms with Crippen LogP contribution in [0.1, 0.15) is 29.7 Å². The number of nitrogens with zero attached hydrogens (tertiary/aromatic N) is 2. The minimum absolute atomic E-state index is 0.0829. The van der Waals surface area contributed by atoms with Gasteiger partial charge in [-0.05, 0) is 44.4 Å². The largest absolute Gasteiger partial charge is 0.353 e. The predicted molar refractivity (Wildman–Crippen MR) is 136 cm³/mol. The lowest BCUT2D eigenvalue weighted by Crippen LogP contribution is -2.47. The number of nitrogens with one attached hydrogen (secondary N) is 3. The van der Waals surface area contributed by atoms with Crippen molar-refractivity contribution in [2.45, 2.75) is 39.2 Å². The van der Waals surface area contributed by atoms with Crippen molar-refractivity contribution in [3.05, 3.63) is 71.4 Å². The standard InChI is InChI=1S/C27H33N5O2/c1-19-7-9-21(10-8-19)18-26(33)30-22-11-14-32(15-12-22)16-13-28-27(34)31-25-17-20(2)29-24-6-4-3-5-23(24)25/h3-10,17,22H,11-16,18H2,1-2H3,(H,30,33)(H2,28,29,31,34). The molecule has 2 heterocycles. The number of hydrogen-bond donors (Lipinski definition) is 3. The zero-order valence-electron chi connectivity index (χ0n) is 19.9. The lowest BCUT2D eigenvalue weighted by Gasteiger charge is -2.32. The number of rotatable bonds is 7. The maximum absolute atomic E-state index is 12.4. The van der Waals surface area contributed by atoms with Crippen LogP contribution in [0.15, 0.2) is 54.6 Å². The Balaban J connectivity index is 1.16. The summed E-state index contributed by atoms with van der Waals surface area (Å²) in [5.41, 5.74) is 4.74. The van der Waals surface area contributed by atoms with Crippen molar-refractivity contribution in [3.63, 3.8) is 0 Å². The molecule has 0 unspecified atom stereocenters. The summed E-state index contributed by atoms with van der Waals surface area (Å²) < 4.78 is 0. The molecule has 1 aromatic heterocycles. The van der Waals surface area contributed by atoms with Crippen LogP contribution in [0.25, 0.3) is 10.9 Å². The molecule has 0 spiro atoms. The summed E-state index contributed by atoms with van der Waals surface area (Å²) in [6, 6.07) is 17.8.